The van der Waals surface area contributed by atoms with Crippen molar-refractivity contribution >= 4 is 11.6 Å². The third kappa shape index (κ3) is 3.47. The molecular formula is C16H8F6O2. The molecule has 2 aromatic carbocycles. The second kappa shape index (κ2) is 6.10. The Morgan fingerprint density at radius 3 is 1.17 bits per heavy atom. The lowest BCUT2D eigenvalue weighted by atomic mass is 9.91. The third-order valence-electron chi connectivity index (χ3n) is 3.15. The van der Waals surface area contributed by atoms with Crippen LogP contribution < -0.4 is 0 Å². The summed E-state index contributed by atoms with van der Waals surface area (Å²) in [4.78, 5) is 23.0. The number of carbonyl (C=O) groups excluding carboxylic acids is 2. The Morgan fingerprint density at radius 2 is 0.875 bits per heavy atom. The highest BCUT2D eigenvalue weighted by Crippen LogP contribution is 2.34. The van der Waals surface area contributed by atoms with Gasteiger partial charge in [-0.3, -0.25) is 9.59 Å². The normalized spacial score (nSPS) is 12.1. The summed E-state index contributed by atoms with van der Waals surface area (Å²) in [6.07, 6.45) is -10.4. The molecule has 0 amide bonds. The van der Waals surface area contributed by atoms with Crippen LogP contribution in [0.4, 0.5) is 26.3 Å². The first-order valence-corrected chi connectivity index (χ1v) is 6.45. The summed E-state index contributed by atoms with van der Waals surface area (Å²) in [5, 5.41) is 0. The molecule has 0 aliphatic rings. The number of hydrogen-bond donors (Lipinski definition) is 0. The second-order valence-electron chi connectivity index (χ2n) is 4.74. The molecule has 0 atom stereocenters. The van der Waals surface area contributed by atoms with Crippen LogP contribution in [0.3, 0.4) is 0 Å². The van der Waals surface area contributed by atoms with Crippen LogP contribution in [0.5, 0.6) is 0 Å². The van der Waals surface area contributed by atoms with Crippen LogP contribution in [0.1, 0.15) is 20.7 Å². The molecular weight excluding hydrogens is 338 g/mol. The summed E-state index contributed by atoms with van der Waals surface area (Å²) in [5.74, 6) is -4.40. The van der Waals surface area contributed by atoms with E-state index in [2.05, 4.69) is 0 Å². The number of carbonyl (C=O) groups is 2. The zero-order valence-corrected chi connectivity index (χ0v) is 11.7. The Morgan fingerprint density at radius 1 is 0.583 bits per heavy atom. The Kier molecular flexibility index (Phi) is 4.50. The maximum absolute atomic E-state index is 12.7. The molecule has 0 saturated heterocycles. The number of halogens is 6. The van der Waals surface area contributed by atoms with E-state index >= 15 is 0 Å². The van der Waals surface area contributed by atoms with E-state index in [1.807, 2.05) is 0 Å². The Bertz CT molecular complexity index is 722. The van der Waals surface area contributed by atoms with Gasteiger partial charge in [-0.1, -0.05) is 48.5 Å². The molecule has 0 fully saturated rings. The minimum atomic E-state index is -5.20. The summed E-state index contributed by atoms with van der Waals surface area (Å²) in [7, 11) is 0. The number of rotatable bonds is 3. The molecule has 0 radical (unpaired) electrons. The van der Waals surface area contributed by atoms with Crippen LogP contribution in [-0.2, 0) is 0 Å². The summed E-state index contributed by atoms with van der Waals surface area (Å²) in [6.45, 7) is 0. The summed E-state index contributed by atoms with van der Waals surface area (Å²) in [5.41, 5.74) is -2.44. The predicted molar refractivity (Wildman–Crippen MR) is 72.6 cm³/mol. The first-order valence-electron chi connectivity index (χ1n) is 6.45. The molecule has 0 unspecified atom stereocenters. The number of alkyl halides is 6. The summed E-state index contributed by atoms with van der Waals surface area (Å²) in [6, 6.07) is 8.63. The van der Waals surface area contributed by atoms with Crippen molar-refractivity contribution in [3.05, 3.63) is 59.7 Å². The first-order chi connectivity index (χ1) is 11.0. The van der Waals surface area contributed by atoms with Crippen molar-refractivity contribution in [1.82, 2.24) is 0 Å². The average Bonchev–Trinajstić information content (AvgIpc) is 2.51. The van der Waals surface area contributed by atoms with Crippen molar-refractivity contribution < 1.29 is 35.9 Å². The van der Waals surface area contributed by atoms with Crippen molar-refractivity contribution in [2.45, 2.75) is 12.4 Å². The molecule has 126 valence electrons. The highest BCUT2D eigenvalue weighted by molar-refractivity contribution is 6.10. The Hall–Kier alpha value is -2.64. The maximum atomic E-state index is 12.7. The van der Waals surface area contributed by atoms with Gasteiger partial charge in [0.1, 0.15) is 0 Å². The van der Waals surface area contributed by atoms with Gasteiger partial charge in [0.05, 0.1) is 0 Å². The van der Waals surface area contributed by atoms with Crippen molar-refractivity contribution in [2.24, 2.45) is 0 Å². The third-order valence-corrected chi connectivity index (χ3v) is 3.15. The maximum Gasteiger partial charge on any atom is 0.454 e. The van der Waals surface area contributed by atoms with E-state index in [0.717, 1.165) is 36.4 Å². The van der Waals surface area contributed by atoms with Crippen LogP contribution in [0.15, 0.2) is 48.5 Å². The quantitative estimate of drug-likeness (QED) is 0.588. The zero-order chi connectivity index (χ0) is 18.1. The molecule has 0 spiro atoms. The van der Waals surface area contributed by atoms with Gasteiger partial charge in [0, 0.05) is 11.1 Å². The van der Waals surface area contributed by atoms with Gasteiger partial charge in [0.15, 0.2) is 0 Å². The molecule has 0 heterocycles. The predicted octanol–water partition coefficient (Wildman–Crippen LogP) is 4.84. The van der Waals surface area contributed by atoms with E-state index in [1.54, 1.807) is 0 Å². The number of Topliss-reactive ketones (excluding diaryl/α,β-unsaturated/α-hetero) is 2. The van der Waals surface area contributed by atoms with Gasteiger partial charge in [-0.2, -0.15) is 26.3 Å². The molecule has 0 bridgehead atoms. The number of ketones is 2. The van der Waals surface area contributed by atoms with Crippen LogP contribution in [0.25, 0.3) is 11.1 Å². The van der Waals surface area contributed by atoms with Crippen molar-refractivity contribution in [3.8, 4) is 11.1 Å². The van der Waals surface area contributed by atoms with E-state index in [0.29, 0.717) is 0 Å². The number of benzene rings is 2. The number of hydrogen-bond acceptors (Lipinski definition) is 2. The lowest BCUT2D eigenvalue weighted by Gasteiger charge is -2.14. The lowest BCUT2D eigenvalue weighted by Crippen LogP contribution is -2.25. The Balaban J connectivity index is 2.68. The van der Waals surface area contributed by atoms with E-state index in [4.69, 9.17) is 0 Å². The SMILES string of the molecule is O=C(c1ccccc1-c1ccccc1C(=O)C(F)(F)F)C(F)(F)F. The molecule has 0 aromatic heterocycles. The molecule has 0 aliphatic heterocycles. The summed E-state index contributed by atoms with van der Waals surface area (Å²) < 4.78 is 76.1. The van der Waals surface area contributed by atoms with Gasteiger partial charge < -0.3 is 0 Å². The largest absolute Gasteiger partial charge is 0.454 e. The zero-order valence-electron chi connectivity index (χ0n) is 11.7. The second-order valence-corrected chi connectivity index (χ2v) is 4.74. The Labute approximate surface area is 131 Å². The highest BCUT2D eigenvalue weighted by Gasteiger charge is 2.42. The monoisotopic (exact) mass is 346 g/mol. The van der Waals surface area contributed by atoms with E-state index in [1.165, 1.54) is 12.1 Å². The van der Waals surface area contributed by atoms with Crippen LogP contribution in [0, 0.1) is 0 Å². The fraction of sp³-hybridized carbons (Fsp3) is 0.125. The van der Waals surface area contributed by atoms with Crippen molar-refractivity contribution in [2.75, 3.05) is 0 Å². The van der Waals surface area contributed by atoms with Gasteiger partial charge >= 0.3 is 12.4 Å². The van der Waals surface area contributed by atoms with Gasteiger partial charge in [0.2, 0.25) is 0 Å². The smallest absolute Gasteiger partial charge is 0.284 e. The molecule has 0 N–H and O–H groups in total. The van der Waals surface area contributed by atoms with Crippen molar-refractivity contribution in [1.29, 1.82) is 0 Å². The molecule has 0 aliphatic carbocycles. The molecule has 0 saturated carbocycles. The average molecular weight is 346 g/mol. The van der Waals surface area contributed by atoms with Gasteiger partial charge in [0.25, 0.3) is 11.6 Å². The van der Waals surface area contributed by atoms with Crippen LogP contribution >= 0.6 is 0 Å². The molecule has 8 heteroatoms. The topological polar surface area (TPSA) is 34.1 Å². The van der Waals surface area contributed by atoms with Crippen LogP contribution in [0.2, 0.25) is 0 Å². The van der Waals surface area contributed by atoms with E-state index < -0.39 is 46.2 Å². The van der Waals surface area contributed by atoms with Crippen LogP contribution in [-0.4, -0.2) is 23.9 Å². The molecule has 2 rings (SSSR count). The first kappa shape index (κ1) is 17.7. The van der Waals surface area contributed by atoms with Gasteiger partial charge in [-0.25, -0.2) is 0 Å². The van der Waals surface area contributed by atoms with Crippen molar-refractivity contribution in [3.63, 3.8) is 0 Å². The molecule has 2 nitrogen and oxygen atoms in total. The van der Waals surface area contributed by atoms with E-state index in [-0.39, 0.29) is 0 Å². The van der Waals surface area contributed by atoms with Gasteiger partial charge in [-0.15, -0.1) is 0 Å². The van der Waals surface area contributed by atoms with Gasteiger partial charge in [-0.05, 0) is 11.1 Å². The highest BCUT2D eigenvalue weighted by atomic mass is 19.4. The molecule has 24 heavy (non-hydrogen) atoms. The fourth-order valence-electron chi connectivity index (χ4n) is 2.14. The molecule has 2 aromatic rings. The minimum Gasteiger partial charge on any atom is -0.284 e. The fourth-order valence-corrected chi connectivity index (χ4v) is 2.14. The standard InChI is InChI=1S/C16H8F6O2/c17-15(18,19)13(23)11-7-3-1-5-9(11)10-6-2-4-8-12(10)14(24)16(20,21)22/h1-8H. The summed E-state index contributed by atoms with van der Waals surface area (Å²) >= 11 is 0. The minimum absolute atomic E-state index is 0.395. The lowest BCUT2D eigenvalue weighted by molar-refractivity contribution is -0.0888. The van der Waals surface area contributed by atoms with E-state index in [9.17, 15) is 35.9 Å².